The van der Waals surface area contributed by atoms with Crippen molar-refractivity contribution in [1.82, 2.24) is 10.3 Å². The molecule has 1 aliphatic rings. The summed E-state index contributed by atoms with van der Waals surface area (Å²) in [7, 11) is -1.83. The minimum atomic E-state index is -1.83. The van der Waals surface area contributed by atoms with Crippen LogP contribution >= 0.6 is 11.8 Å². The second-order valence-electron chi connectivity index (χ2n) is 9.63. The zero-order valence-corrected chi connectivity index (χ0v) is 21.9. The average molecular weight is 485 g/mol. The van der Waals surface area contributed by atoms with Gasteiger partial charge >= 0.3 is 0 Å². The molecule has 3 rings (SSSR count). The number of rotatable bonds is 8. The number of benzene rings is 1. The van der Waals surface area contributed by atoms with Crippen molar-refractivity contribution in [3.63, 3.8) is 0 Å². The van der Waals surface area contributed by atoms with Crippen LogP contribution < -0.4 is 10.1 Å². The Balaban J connectivity index is 1.49. The van der Waals surface area contributed by atoms with E-state index in [4.69, 9.17) is 9.16 Å². The van der Waals surface area contributed by atoms with E-state index >= 15 is 0 Å². The standard InChI is InChI=1S/C25H32N2O4SSi/c1-17(31-33(5,6)25(2,3)4)19-9-10-20(26-16-19)13-14-30-21-11-7-18(8-12-21)15-22-23(28)32-24(29)27-22/h7-12,15-17H,13-14H2,1-6H3,(H,27,29)/b22-15-. The lowest BCUT2D eigenvalue weighted by Gasteiger charge is -2.38. The molecule has 1 atom stereocenters. The third-order valence-electron chi connectivity index (χ3n) is 6.05. The van der Waals surface area contributed by atoms with Crippen LogP contribution in [-0.2, 0) is 15.6 Å². The van der Waals surface area contributed by atoms with Gasteiger partial charge in [0.2, 0.25) is 5.12 Å². The molecule has 1 fully saturated rings. The number of amides is 1. The highest BCUT2D eigenvalue weighted by Gasteiger charge is 2.38. The minimum Gasteiger partial charge on any atom is -0.493 e. The van der Waals surface area contributed by atoms with Crippen molar-refractivity contribution in [2.75, 3.05) is 6.61 Å². The zero-order valence-electron chi connectivity index (χ0n) is 20.1. The highest BCUT2D eigenvalue weighted by Crippen LogP contribution is 2.39. The Hall–Kier alpha value is -2.42. The molecule has 0 bridgehead atoms. The number of nitrogens with one attached hydrogen (secondary N) is 1. The minimum absolute atomic E-state index is 0.0172. The lowest BCUT2D eigenvalue weighted by atomic mass is 10.1. The number of pyridine rings is 1. The quantitative estimate of drug-likeness (QED) is 0.360. The van der Waals surface area contributed by atoms with Gasteiger partial charge in [0, 0.05) is 30.1 Å². The van der Waals surface area contributed by atoms with Crippen LogP contribution in [0.5, 0.6) is 5.75 Å². The third-order valence-corrected chi connectivity index (χ3v) is 11.3. The molecule has 6 nitrogen and oxygen atoms in total. The molecule has 1 aromatic heterocycles. The Labute approximate surface area is 201 Å². The van der Waals surface area contributed by atoms with Gasteiger partial charge in [-0.25, -0.2) is 0 Å². The Kier molecular flexibility index (Phi) is 7.82. The van der Waals surface area contributed by atoms with E-state index in [-0.39, 0.29) is 21.5 Å². The molecule has 1 aromatic carbocycles. The molecule has 0 radical (unpaired) electrons. The average Bonchev–Trinajstić information content (AvgIpc) is 3.05. The Morgan fingerprint density at radius 3 is 2.36 bits per heavy atom. The molecule has 1 aliphatic heterocycles. The van der Waals surface area contributed by atoms with E-state index in [0.717, 1.165) is 22.6 Å². The summed E-state index contributed by atoms with van der Waals surface area (Å²) in [6.07, 6.45) is 4.27. The van der Waals surface area contributed by atoms with Crippen molar-refractivity contribution in [2.45, 2.75) is 58.4 Å². The summed E-state index contributed by atoms with van der Waals surface area (Å²) in [5, 5.41) is 2.10. The number of carbonyl (C=O) groups excluding carboxylic acids is 2. The van der Waals surface area contributed by atoms with E-state index < -0.39 is 8.32 Å². The van der Waals surface area contributed by atoms with E-state index in [1.165, 1.54) is 0 Å². The fraction of sp³-hybridized carbons (Fsp3) is 0.400. The van der Waals surface area contributed by atoms with Gasteiger partial charge in [0.25, 0.3) is 5.24 Å². The molecule has 1 saturated heterocycles. The second kappa shape index (κ2) is 10.2. The molecule has 2 aromatic rings. The second-order valence-corrected chi connectivity index (χ2v) is 15.3. The van der Waals surface area contributed by atoms with Gasteiger partial charge < -0.3 is 14.5 Å². The first-order valence-corrected chi connectivity index (χ1v) is 14.8. The van der Waals surface area contributed by atoms with Gasteiger partial charge in [0.1, 0.15) is 5.75 Å². The lowest BCUT2D eigenvalue weighted by molar-refractivity contribution is -0.107. The van der Waals surface area contributed by atoms with Gasteiger partial charge in [-0.1, -0.05) is 39.0 Å². The molecular formula is C25H32N2O4SSi. The topological polar surface area (TPSA) is 77.5 Å². The summed E-state index contributed by atoms with van der Waals surface area (Å²) in [4.78, 5) is 27.5. The number of ether oxygens (including phenoxy) is 1. The van der Waals surface area contributed by atoms with Gasteiger partial charge in [-0.3, -0.25) is 14.6 Å². The largest absolute Gasteiger partial charge is 0.493 e. The van der Waals surface area contributed by atoms with Gasteiger partial charge in [0.05, 0.1) is 18.4 Å². The van der Waals surface area contributed by atoms with Gasteiger partial charge in [0.15, 0.2) is 8.32 Å². The molecule has 8 heteroatoms. The predicted octanol–water partition coefficient (Wildman–Crippen LogP) is 6.11. The monoisotopic (exact) mass is 484 g/mol. The van der Waals surface area contributed by atoms with Gasteiger partial charge in [-0.2, -0.15) is 0 Å². The summed E-state index contributed by atoms with van der Waals surface area (Å²) in [6, 6.07) is 11.5. The fourth-order valence-electron chi connectivity index (χ4n) is 3.03. The van der Waals surface area contributed by atoms with Crippen LogP contribution in [0.15, 0.2) is 48.3 Å². The van der Waals surface area contributed by atoms with E-state index in [1.54, 1.807) is 6.08 Å². The third kappa shape index (κ3) is 6.78. The first-order valence-electron chi connectivity index (χ1n) is 11.0. The molecule has 2 heterocycles. The molecule has 1 N–H and O–H groups in total. The number of thioether (sulfide) groups is 1. The van der Waals surface area contributed by atoms with Crippen LogP contribution in [-0.4, -0.2) is 30.3 Å². The fourth-order valence-corrected chi connectivity index (χ4v) is 4.95. The van der Waals surface area contributed by atoms with E-state index in [2.05, 4.69) is 57.2 Å². The summed E-state index contributed by atoms with van der Waals surface area (Å²) in [5.74, 6) is 0.737. The van der Waals surface area contributed by atoms with Crippen molar-refractivity contribution < 1.29 is 18.8 Å². The normalized spacial score (nSPS) is 16.7. The van der Waals surface area contributed by atoms with Crippen molar-refractivity contribution in [1.29, 1.82) is 0 Å². The number of nitrogens with zero attached hydrogens (tertiary/aromatic N) is 1. The van der Waals surface area contributed by atoms with Crippen LogP contribution in [0.1, 0.15) is 50.6 Å². The molecule has 1 unspecified atom stereocenters. The Morgan fingerprint density at radius 2 is 1.82 bits per heavy atom. The van der Waals surface area contributed by atoms with Gasteiger partial charge in [-0.15, -0.1) is 0 Å². The molecule has 0 saturated carbocycles. The van der Waals surface area contributed by atoms with Crippen LogP contribution in [0.3, 0.4) is 0 Å². The summed E-state index contributed by atoms with van der Waals surface area (Å²) in [5.41, 5.74) is 3.18. The van der Waals surface area contributed by atoms with Crippen LogP contribution in [0.25, 0.3) is 6.08 Å². The first kappa shape index (κ1) is 25.2. The summed E-state index contributed by atoms with van der Waals surface area (Å²) >= 11 is 0.672. The SMILES string of the molecule is CC(O[Si](C)(C)C(C)(C)C)c1ccc(CCOc2ccc(/C=C3\NC(=O)SC3=O)cc2)nc1. The van der Waals surface area contributed by atoms with E-state index in [1.807, 2.05) is 36.5 Å². The van der Waals surface area contributed by atoms with Crippen molar-refractivity contribution in [3.05, 3.63) is 65.1 Å². The number of hydrogen-bond donors (Lipinski definition) is 1. The van der Waals surface area contributed by atoms with E-state index in [9.17, 15) is 9.59 Å². The van der Waals surface area contributed by atoms with Crippen LogP contribution in [0.2, 0.25) is 18.1 Å². The highest BCUT2D eigenvalue weighted by atomic mass is 32.2. The zero-order chi connectivity index (χ0) is 24.2. The number of carbonyl (C=O) groups is 2. The molecule has 176 valence electrons. The molecule has 0 aliphatic carbocycles. The van der Waals surface area contributed by atoms with Crippen LogP contribution in [0, 0.1) is 0 Å². The molecule has 1 amide bonds. The smallest absolute Gasteiger partial charge is 0.291 e. The molecular weight excluding hydrogens is 452 g/mol. The maximum atomic E-state index is 11.7. The maximum absolute atomic E-state index is 11.7. The molecule has 33 heavy (non-hydrogen) atoms. The first-order chi connectivity index (χ1) is 15.4. The van der Waals surface area contributed by atoms with Crippen LogP contribution in [0.4, 0.5) is 4.79 Å². The Bertz CT molecular complexity index is 1030. The van der Waals surface area contributed by atoms with Crippen molar-refractivity contribution in [3.8, 4) is 5.75 Å². The summed E-state index contributed by atoms with van der Waals surface area (Å²) in [6.45, 7) is 13.9. The maximum Gasteiger partial charge on any atom is 0.291 e. The predicted molar refractivity (Wildman–Crippen MR) is 136 cm³/mol. The van der Waals surface area contributed by atoms with E-state index in [0.29, 0.717) is 30.5 Å². The molecule has 0 spiro atoms. The Morgan fingerprint density at radius 1 is 1.12 bits per heavy atom. The van der Waals surface area contributed by atoms with Crippen molar-refractivity contribution in [2.24, 2.45) is 0 Å². The number of hydrogen-bond acceptors (Lipinski definition) is 6. The number of aromatic nitrogens is 1. The van der Waals surface area contributed by atoms with Gasteiger partial charge in [-0.05, 0) is 60.5 Å². The summed E-state index contributed by atoms with van der Waals surface area (Å²) < 4.78 is 12.3. The van der Waals surface area contributed by atoms with Crippen molar-refractivity contribution >= 4 is 36.5 Å². The lowest BCUT2D eigenvalue weighted by Crippen LogP contribution is -2.41. The highest BCUT2D eigenvalue weighted by molar-refractivity contribution is 8.27.